The lowest BCUT2D eigenvalue weighted by molar-refractivity contribution is 0.162. The molecule has 0 saturated heterocycles. The van der Waals surface area contributed by atoms with Crippen LogP contribution in [-0.4, -0.2) is 29.5 Å². The van der Waals surface area contributed by atoms with Crippen molar-refractivity contribution in [2.24, 2.45) is 5.92 Å². The first-order valence-corrected chi connectivity index (χ1v) is 8.57. The van der Waals surface area contributed by atoms with Crippen LogP contribution >= 0.6 is 11.6 Å². The van der Waals surface area contributed by atoms with Crippen molar-refractivity contribution in [3.05, 3.63) is 22.8 Å². The number of pyridine rings is 1. The summed E-state index contributed by atoms with van der Waals surface area (Å²) in [4.78, 5) is 7.10. The van der Waals surface area contributed by atoms with Gasteiger partial charge in [-0.3, -0.25) is 4.90 Å². The first-order valence-electron chi connectivity index (χ1n) is 8.19. The van der Waals surface area contributed by atoms with E-state index >= 15 is 0 Å². The predicted molar refractivity (Wildman–Crippen MR) is 90.9 cm³/mol. The van der Waals surface area contributed by atoms with E-state index in [4.69, 9.17) is 11.6 Å². The molecule has 1 fully saturated rings. The Morgan fingerprint density at radius 1 is 1.29 bits per heavy atom. The van der Waals surface area contributed by atoms with Crippen LogP contribution in [0, 0.1) is 5.92 Å². The van der Waals surface area contributed by atoms with E-state index in [1.165, 1.54) is 25.7 Å². The van der Waals surface area contributed by atoms with Crippen LogP contribution in [0.5, 0.6) is 0 Å². The molecule has 0 atom stereocenters. The lowest BCUT2D eigenvalue weighted by atomic mass is 9.87. The van der Waals surface area contributed by atoms with Gasteiger partial charge in [0.25, 0.3) is 0 Å². The van der Waals surface area contributed by atoms with Gasteiger partial charge in [0.1, 0.15) is 5.82 Å². The van der Waals surface area contributed by atoms with Crippen molar-refractivity contribution in [1.29, 1.82) is 0 Å². The molecule has 1 aliphatic rings. The summed E-state index contributed by atoms with van der Waals surface area (Å²) in [6, 6.07) is 4.59. The summed E-state index contributed by atoms with van der Waals surface area (Å²) < 4.78 is 0. The Kier molecular flexibility index (Phi) is 6.31. The third kappa shape index (κ3) is 4.86. The Labute approximate surface area is 134 Å². The monoisotopic (exact) mass is 309 g/mol. The molecule has 1 N–H and O–H groups in total. The van der Waals surface area contributed by atoms with E-state index < -0.39 is 0 Å². The molecule has 1 saturated carbocycles. The van der Waals surface area contributed by atoms with Gasteiger partial charge in [-0.1, -0.05) is 25.4 Å². The lowest BCUT2D eigenvalue weighted by Gasteiger charge is -2.33. The highest BCUT2D eigenvalue weighted by Gasteiger charge is 2.22. The smallest absolute Gasteiger partial charge is 0.126 e. The summed E-state index contributed by atoms with van der Waals surface area (Å²) in [5, 5.41) is 4.10. The van der Waals surface area contributed by atoms with Crippen molar-refractivity contribution < 1.29 is 0 Å². The highest BCUT2D eigenvalue weighted by Crippen LogP contribution is 2.28. The van der Waals surface area contributed by atoms with E-state index in [1.807, 2.05) is 12.1 Å². The summed E-state index contributed by atoms with van der Waals surface area (Å²) in [5.41, 5.74) is 0.985. The van der Waals surface area contributed by atoms with Crippen LogP contribution in [0.4, 0.5) is 5.82 Å². The van der Waals surface area contributed by atoms with Crippen LogP contribution in [0.15, 0.2) is 12.1 Å². The third-order valence-electron chi connectivity index (χ3n) is 4.48. The largest absolute Gasteiger partial charge is 0.370 e. The number of nitrogens with zero attached hydrogens (tertiary/aromatic N) is 2. The van der Waals surface area contributed by atoms with E-state index in [1.54, 1.807) is 0 Å². The van der Waals surface area contributed by atoms with E-state index in [2.05, 4.69) is 36.1 Å². The van der Waals surface area contributed by atoms with Crippen molar-refractivity contribution in [3.63, 3.8) is 0 Å². The van der Waals surface area contributed by atoms with Gasteiger partial charge in [-0.2, -0.15) is 0 Å². The highest BCUT2D eigenvalue weighted by atomic mass is 35.5. The van der Waals surface area contributed by atoms with E-state index in [9.17, 15) is 0 Å². The summed E-state index contributed by atoms with van der Waals surface area (Å²) in [7, 11) is 2.20. The third-order valence-corrected chi connectivity index (χ3v) is 4.83. The maximum atomic E-state index is 6.32. The average Bonchev–Trinajstić information content (AvgIpc) is 2.48. The highest BCUT2D eigenvalue weighted by molar-refractivity contribution is 6.31. The van der Waals surface area contributed by atoms with E-state index in [-0.39, 0.29) is 0 Å². The zero-order chi connectivity index (χ0) is 15.2. The number of aromatic nitrogens is 1. The van der Waals surface area contributed by atoms with Crippen molar-refractivity contribution in [3.8, 4) is 0 Å². The second kappa shape index (κ2) is 8.00. The molecule has 3 nitrogen and oxygen atoms in total. The van der Waals surface area contributed by atoms with Gasteiger partial charge in [-0.25, -0.2) is 4.98 Å². The van der Waals surface area contributed by atoms with E-state index in [0.29, 0.717) is 6.04 Å². The number of nitrogens with one attached hydrogen (secondary N) is 1. The fourth-order valence-corrected chi connectivity index (χ4v) is 3.16. The number of rotatable bonds is 6. The zero-order valence-electron chi connectivity index (χ0n) is 13.5. The molecule has 4 heteroatoms. The molecule has 1 aliphatic carbocycles. The fourth-order valence-electron chi connectivity index (χ4n) is 3.00. The topological polar surface area (TPSA) is 28.2 Å². The normalized spacial score (nSPS) is 22.5. The molecular weight excluding hydrogens is 282 g/mol. The Balaban J connectivity index is 1.97. The van der Waals surface area contributed by atoms with Crippen LogP contribution in [0.25, 0.3) is 0 Å². The van der Waals surface area contributed by atoms with Gasteiger partial charge in [0, 0.05) is 19.1 Å². The summed E-state index contributed by atoms with van der Waals surface area (Å²) >= 11 is 6.32. The molecule has 1 heterocycles. The predicted octanol–water partition coefficient (Wildman–Crippen LogP) is 4.57. The summed E-state index contributed by atoms with van der Waals surface area (Å²) in [6.07, 6.45) is 6.37. The first-order chi connectivity index (χ1) is 10.1. The minimum atomic E-state index is 0.673. The van der Waals surface area contributed by atoms with Gasteiger partial charge in [0.2, 0.25) is 0 Å². The minimum absolute atomic E-state index is 0.673. The average molecular weight is 310 g/mol. The molecule has 2 rings (SSSR count). The second-order valence-electron chi connectivity index (χ2n) is 6.38. The van der Waals surface area contributed by atoms with Gasteiger partial charge in [0.05, 0.1) is 10.7 Å². The van der Waals surface area contributed by atoms with Gasteiger partial charge in [0.15, 0.2) is 0 Å². The quantitative estimate of drug-likeness (QED) is 0.834. The Hall–Kier alpha value is -0.800. The van der Waals surface area contributed by atoms with Crippen molar-refractivity contribution in [1.82, 2.24) is 9.88 Å². The maximum Gasteiger partial charge on any atom is 0.126 e. The van der Waals surface area contributed by atoms with Crippen molar-refractivity contribution in [2.75, 3.05) is 18.9 Å². The molecule has 21 heavy (non-hydrogen) atoms. The van der Waals surface area contributed by atoms with Crippen LogP contribution in [0.2, 0.25) is 5.02 Å². The Morgan fingerprint density at radius 2 is 2.00 bits per heavy atom. The van der Waals surface area contributed by atoms with E-state index in [0.717, 1.165) is 42.0 Å². The first kappa shape index (κ1) is 16.6. The molecule has 1 aromatic heterocycles. The molecule has 0 amide bonds. The zero-order valence-corrected chi connectivity index (χ0v) is 14.3. The molecular formula is C17H28ClN3. The SMILES string of the molecule is CCCNc1ccc(Cl)c(CN(C)C2CCC(C)CC2)n1. The Morgan fingerprint density at radius 3 is 2.67 bits per heavy atom. The fraction of sp³-hybridized carbons (Fsp3) is 0.706. The van der Waals surface area contributed by atoms with Crippen LogP contribution < -0.4 is 5.32 Å². The van der Waals surface area contributed by atoms with Crippen LogP contribution in [-0.2, 0) is 6.54 Å². The number of hydrogen-bond donors (Lipinski definition) is 1. The summed E-state index contributed by atoms with van der Waals surface area (Å²) in [6.45, 7) is 6.29. The summed E-state index contributed by atoms with van der Waals surface area (Å²) in [5.74, 6) is 1.82. The molecule has 0 aliphatic heterocycles. The van der Waals surface area contributed by atoms with Crippen LogP contribution in [0.1, 0.15) is 51.6 Å². The van der Waals surface area contributed by atoms with Gasteiger partial charge in [-0.15, -0.1) is 0 Å². The lowest BCUT2D eigenvalue weighted by Crippen LogP contribution is -2.34. The second-order valence-corrected chi connectivity index (χ2v) is 6.79. The van der Waals surface area contributed by atoms with Crippen molar-refractivity contribution in [2.45, 2.75) is 58.5 Å². The molecule has 0 unspecified atom stereocenters. The molecule has 0 spiro atoms. The molecule has 0 aromatic carbocycles. The van der Waals surface area contributed by atoms with Gasteiger partial charge in [-0.05, 0) is 57.2 Å². The Bertz CT molecular complexity index is 442. The molecule has 0 radical (unpaired) electrons. The van der Waals surface area contributed by atoms with Gasteiger partial charge >= 0.3 is 0 Å². The van der Waals surface area contributed by atoms with Crippen LogP contribution in [0.3, 0.4) is 0 Å². The molecule has 0 bridgehead atoms. The number of hydrogen-bond acceptors (Lipinski definition) is 3. The molecule has 118 valence electrons. The van der Waals surface area contributed by atoms with Gasteiger partial charge < -0.3 is 5.32 Å². The number of halogens is 1. The van der Waals surface area contributed by atoms with Crippen molar-refractivity contribution >= 4 is 17.4 Å². The number of anilines is 1. The minimum Gasteiger partial charge on any atom is -0.370 e. The molecule has 1 aromatic rings. The standard InChI is InChI=1S/C17H28ClN3/c1-4-11-19-17-10-9-15(18)16(20-17)12-21(3)14-7-5-13(2)6-8-14/h9-10,13-14H,4-8,11-12H2,1-3H3,(H,19,20). The maximum absolute atomic E-state index is 6.32.